The molecule has 0 bridgehead atoms. The number of ether oxygens (including phenoxy) is 3. The highest BCUT2D eigenvalue weighted by Crippen LogP contribution is 2.29. The van der Waals surface area contributed by atoms with E-state index in [1.807, 2.05) is 20.8 Å². The van der Waals surface area contributed by atoms with Crippen molar-refractivity contribution in [1.29, 1.82) is 0 Å². The Labute approximate surface area is 163 Å². The fraction of sp³-hybridized carbons (Fsp3) is 0.947. The molecule has 1 rings (SSSR count). The third kappa shape index (κ3) is 10.3. The molecule has 0 saturated heterocycles. The van der Waals surface area contributed by atoms with Crippen LogP contribution < -0.4 is 10.8 Å². The second-order valence-corrected chi connectivity index (χ2v) is 8.15. The van der Waals surface area contributed by atoms with E-state index in [1.54, 1.807) is 0 Å². The summed E-state index contributed by atoms with van der Waals surface area (Å²) in [7, 11) is 3.00. The number of aliphatic hydroxyl groups is 1. The molecule has 1 amide bonds. The summed E-state index contributed by atoms with van der Waals surface area (Å²) in [6.45, 7) is 5.64. The summed E-state index contributed by atoms with van der Waals surface area (Å²) in [6.07, 6.45) is 4.56. The summed E-state index contributed by atoms with van der Waals surface area (Å²) in [4.78, 5) is 17.2. The van der Waals surface area contributed by atoms with Crippen LogP contribution in [0, 0.1) is 5.92 Å². The Morgan fingerprint density at radius 2 is 1.85 bits per heavy atom. The third-order valence-electron chi connectivity index (χ3n) is 4.61. The monoisotopic (exact) mass is 390 g/mol. The number of rotatable bonds is 11. The van der Waals surface area contributed by atoms with Gasteiger partial charge in [0.15, 0.2) is 0 Å². The summed E-state index contributed by atoms with van der Waals surface area (Å²) in [5.41, 5.74) is 2.04. The van der Waals surface area contributed by atoms with E-state index < -0.39 is 29.9 Å². The maximum Gasteiger partial charge on any atom is 0.407 e. The Balaban J connectivity index is 2.87. The Bertz CT molecular complexity index is 409. The van der Waals surface area contributed by atoms with Crippen LogP contribution in [0.5, 0.6) is 0 Å². The first-order chi connectivity index (χ1) is 12.8. The first-order valence-electron chi connectivity index (χ1n) is 9.80. The van der Waals surface area contributed by atoms with Crippen LogP contribution >= 0.6 is 0 Å². The number of carbonyl (C=O) groups is 1. The maximum atomic E-state index is 12.4. The first-order valence-corrected chi connectivity index (χ1v) is 9.80. The molecule has 8 nitrogen and oxygen atoms in total. The molecule has 0 heterocycles. The third-order valence-corrected chi connectivity index (χ3v) is 4.61. The van der Waals surface area contributed by atoms with E-state index in [-0.39, 0.29) is 13.3 Å². The molecule has 8 heteroatoms. The molecular weight excluding hydrogens is 352 g/mol. The molecule has 1 aliphatic rings. The molecule has 0 aromatic rings. The summed E-state index contributed by atoms with van der Waals surface area (Å²) in [6, 6.07) is -0.397. The fourth-order valence-corrected chi connectivity index (χ4v) is 3.44. The molecule has 160 valence electrons. The zero-order chi connectivity index (χ0) is 20.3. The van der Waals surface area contributed by atoms with Crippen molar-refractivity contribution in [3.8, 4) is 0 Å². The van der Waals surface area contributed by atoms with Gasteiger partial charge in [-0.15, -0.1) is 0 Å². The van der Waals surface area contributed by atoms with Crippen molar-refractivity contribution in [3.63, 3.8) is 0 Å². The van der Waals surface area contributed by atoms with Crippen molar-refractivity contribution in [1.82, 2.24) is 10.8 Å². The molecule has 3 N–H and O–H groups in total. The van der Waals surface area contributed by atoms with E-state index in [4.69, 9.17) is 19.0 Å². The van der Waals surface area contributed by atoms with Crippen LogP contribution in [0.1, 0.15) is 59.3 Å². The highest BCUT2D eigenvalue weighted by molar-refractivity contribution is 5.68. The van der Waals surface area contributed by atoms with Gasteiger partial charge in [-0.2, -0.15) is 0 Å². The van der Waals surface area contributed by atoms with Gasteiger partial charge in [0.1, 0.15) is 18.5 Å². The SMILES string of the molecule is COCO[C@H]([C@H](CC1CCCCC1)NC(=O)OC(C)(C)C)[C@@H](O)CNOC. The van der Waals surface area contributed by atoms with Gasteiger partial charge in [-0.05, 0) is 33.1 Å². The number of hydrogen-bond donors (Lipinski definition) is 3. The van der Waals surface area contributed by atoms with E-state index in [0.717, 1.165) is 19.3 Å². The predicted molar refractivity (Wildman–Crippen MR) is 102 cm³/mol. The largest absolute Gasteiger partial charge is 0.444 e. The molecular formula is C19H38N2O6. The average Bonchev–Trinajstić information content (AvgIpc) is 2.59. The minimum Gasteiger partial charge on any atom is -0.444 e. The zero-order valence-electron chi connectivity index (χ0n) is 17.5. The Morgan fingerprint density at radius 3 is 2.41 bits per heavy atom. The van der Waals surface area contributed by atoms with E-state index >= 15 is 0 Å². The van der Waals surface area contributed by atoms with Gasteiger partial charge < -0.3 is 29.5 Å². The van der Waals surface area contributed by atoms with Gasteiger partial charge in [-0.1, -0.05) is 32.1 Å². The van der Waals surface area contributed by atoms with Crippen LogP contribution in [-0.4, -0.2) is 62.6 Å². The molecule has 0 unspecified atom stereocenters. The highest BCUT2D eigenvalue weighted by atomic mass is 16.7. The second-order valence-electron chi connectivity index (χ2n) is 8.15. The van der Waals surface area contributed by atoms with Crippen LogP contribution in [0.2, 0.25) is 0 Å². The average molecular weight is 391 g/mol. The molecule has 0 aliphatic heterocycles. The molecule has 27 heavy (non-hydrogen) atoms. The second kappa shape index (κ2) is 12.5. The summed E-state index contributed by atoms with van der Waals surface area (Å²) >= 11 is 0. The molecule has 3 atom stereocenters. The Hall–Kier alpha value is -0.930. The molecule has 0 radical (unpaired) electrons. The van der Waals surface area contributed by atoms with Gasteiger partial charge in [-0.3, -0.25) is 0 Å². The predicted octanol–water partition coefficient (Wildman–Crippen LogP) is 2.35. The number of alkyl carbamates (subject to hydrolysis) is 1. The number of aliphatic hydroxyl groups excluding tert-OH is 1. The van der Waals surface area contributed by atoms with Gasteiger partial charge in [-0.25, -0.2) is 10.3 Å². The van der Waals surface area contributed by atoms with E-state index in [2.05, 4.69) is 10.8 Å². The maximum absolute atomic E-state index is 12.4. The molecule has 0 aromatic carbocycles. The van der Waals surface area contributed by atoms with Crippen LogP contribution in [0.25, 0.3) is 0 Å². The van der Waals surface area contributed by atoms with Crippen LogP contribution in [-0.2, 0) is 19.0 Å². The Morgan fingerprint density at radius 1 is 1.19 bits per heavy atom. The summed E-state index contributed by atoms with van der Waals surface area (Å²) in [5.74, 6) is 0.481. The summed E-state index contributed by atoms with van der Waals surface area (Å²) in [5, 5.41) is 13.5. The highest BCUT2D eigenvalue weighted by Gasteiger charge is 2.34. The lowest BCUT2D eigenvalue weighted by atomic mass is 9.83. The number of methoxy groups -OCH3 is 1. The normalized spacial score (nSPS) is 19.3. The van der Waals surface area contributed by atoms with Crippen molar-refractivity contribution >= 4 is 6.09 Å². The lowest BCUT2D eigenvalue weighted by Crippen LogP contribution is -2.54. The van der Waals surface area contributed by atoms with Crippen molar-refractivity contribution in [2.75, 3.05) is 27.6 Å². The number of hydrogen-bond acceptors (Lipinski definition) is 7. The van der Waals surface area contributed by atoms with Gasteiger partial charge in [0, 0.05) is 13.7 Å². The van der Waals surface area contributed by atoms with Crippen molar-refractivity contribution < 1.29 is 28.9 Å². The smallest absolute Gasteiger partial charge is 0.407 e. The number of nitrogens with one attached hydrogen (secondary N) is 2. The van der Waals surface area contributed by atoms with Gasteiger partial charge >= 0.3 is 6.09 Å². The van der Waals surface area contributed by atoms with Crippen LogP contribution in [0.15, 0.2) is 0 Å². The quantitative estimate of drug-likeness (QED) is 0.368. The van der Waals surface area contributed by atoms with Gasteiger partial charge in [0.2, 0.25) is 0 Å². The number of hydroxylamine groups is 1. The van der Waals surface area contributed by atoms with Crippen LogP contribution in [0.4, 0.5) is 4.79 Å². The summed E-state index contributed by atoms with van der Waals surface area (Å²) < 4.78 is 16.2. The van der Waals surface area contributed by atoms with Gasteiger partial charge in [0.05, 0.1) is 19.3 Å². The lowest BCUT2D eigenvalue weighted by molar-refractivity contribution is -0.130. The minimum absolute atomic E-state index is 0.0197. The first kappa shape index (κ1) is 24.1. The standard InChI is InChI=1S/C19H38N2O6/c1-19(2,3)27-18(23)21-15(11-14-9-7-6-8-10-14)17(26-13-24-4)16(22)12-20-25-5/h14-17,20,22H,6-13H2,1-5H3,(H,21,23)/t15-,16-,17+/m0/s1. The minimum atomic E-state index is -0.886. The van der Waals surface area contributed by atoms with E-state index in [0.29, 0.717) is 5.92 Å². The van der Waals surface area contributed by atoms with Crippen molar-refractivity contribution in [3.05, 3.63) is 0 Å². The number of amides is 1. The molecule has 1 aliphatic carbocycles. The van der Waals surface area contributed by atoms with Gasteiger partial charge in [0.25, 0.3) is 0 Å². The van der Waals surface area contributed by atoms with E-state index in [9.17, 15) is 9.90 Å². The number of carbonyl (C=O) groups excluding carboxylic acids is 1. The van der Waals surface area contributed by atoms with Crippen molar-refractivity contribution in [2.24, 2.45) is 5.92 Å². The van der Waals surface area contributed by atoms with Crippen LogP contribution in [0.3, 0.4) is 0 Å². The molecule has 1 fully saturated rings. The molecule has 0 spiro atoms. The molecule has 1 saturated carbocycles. The topological polar surface area (TPSA) is 98.3 Å². The zero-order valence-corrected chi connectivity index (χ0v) is 17.5. The molecule has 0 aromatic heterocycles. The van der Waals surface area contributed by atoms with Crippen molar-refractivity contribution in [2.45, 2.75) is 83.1 Å². The fourth-order valence-electron chi connectivity index (χ4n) is 3.44. The van der Waals surface area contributed by atoms with E-state index in [1.165, 1.54) is 33.5 Å². The lowest BCUT2D eigenvalue weighted by Gasteiger charge is -2.35. The Kier molecular flexibility index (Phi) is 11.2.